The number of aryl methyl sites for hydroxylation is 4. The van der Waals surface area contributed by atoms with Crippen LogP contribution in [0.4, 0.5) is 0 Å². The second-order valence-electron chi connectivity index (χ2n) is 5.13. The Bertz CT molecular complexity index is 669. The summed E-state index contributed by atoms with van der Waals surface area (Å²) in [7, 11) is 0. The van der Waals surface area contributed by atoms with Gasteiger partial charge in [0.05, 0.1) is 11.4 Å². The Morgan fingerprint density at radius 1 is 1.25 bits per heavy atom. The Labute approximate surface area is 124 Å². The van der Waals surface area contributed by atoms with E-state index in [0.29, 0.717) is 10.7 Å². The van der Waals surface area contributed by atoms with Crippen molar-refractivity contribution in [3.63, 3.8) is 0 Å². The molecule has 0 radical (unpaired) electrons. The van der Waals surface area contributed by atoms with Crippen molar-refractivity contribution in [1.29, 1.82) is 5.26 Å². The summed E-state index contributed by atoms with van der Waals surface area (Å²) in [6.07, 6.45) is 1.70. The maximum Gasteiger partial charge on any atom is 0.150 e. The molecule has 3 nitrogen and oxygen atoms in total. The quantitative estimate of drug-likeness (QED) is 0.846. The predicted octanol–water partition coefficient (Wildman–Crippen LogP) is 4.28. The minimum Gasteiger partial charge on any atom is -0.220 e. The highest BCUT2D eigenvalue weighted by atomic mass is 35.5. The minimum atomic E-state index is 0.408. The molecule has 2 aromatic rings. The Balaban J connectivity index is 2.69. The van der Waals surface area contributed by atoms with E-state index in [-0.39, 0.29) is 0 Å². The Kier molecular flexibility index (Phi) is 4.15. The Morgan fingerprint density at radius 3 is 2.35 bits per heavy atom. The van der Waals surface area contributed by atoms with Crippen LogP contribution in [-0.4, -0.2) is 9.78 Å². The molecule has 104 valence electrons. The van der Waals surface area contributed by atoms with Gasteiger partial charge in [0.2, 0.25) is 0 Å². The summed E-state index contributed by atoms with van der Waals surface area (Å²) in [5, 5.41) is 14.2. The fourth-order valence-electron chi connectivity index (χ4n) is 2.62. The number of halogens is 1. The van der Waals surface area contributed by atoms with Crippen molar-refractivity contribution in [3.8, 4) is 11.8 Å². The highest BCUT2D eigenvalue weighted by molar-refractivity contribution is 6.31. The summed E-state index contributed by atoms with van der Waals surface area (Å²) < 4.78 is 1.70. The lowest BCUT2D eigenvalue weighted by atomic mass is 10.1. The smallest absolute Gasteiger partial charge is 0.150 e. The van der Waals surface area contributed by atoms with E-state index in [1.54, 1.807) is 4.68 Å². The van der Waals surface area contributed by atoms with Gasteiger partial charge in [-0.1, -0.05) is 42.6 Å². The van der Waals surface area contributed by atoms with Crippen molar-refractivity contribution in [2.45, 2.75) is 40.5 Å². The molecule has 1 aromatic carbocycles. The number of aromatic nitrogens is 2. The van der Waals surface area contributed by atoms with Gasteiger partial charge in [-0.3, -0.25) is 0 Å². The highest BCUT2D eigenvalue weighted by Gasteiger charge is 2.19. The lowest BCUT2D eigenvalue weighted by Gasteiger charge is -2.12. The van der Waals surface area contributed by atoms with Crippen molar-refractivity contribution >= 4 is 11.6 Å². The molecule has 0 atom stereocenters. The molecular formula is C16H18ClN3. The van der Waals surface area contributed by atoms with E-state index >= 15 is 0 Å². The van der Waals surface area contributed by atoms with E-state index in [0.717, 1.165) is 35.3 Å². The molecule has 0 fully saturated rings. The van der Waals surface area contributed by atoms with E-state index < -0.39 is 0 Å². The number of hydrogen-bond acceptors (Lipinski definition) is 2. The van der Waals surface area contributed by atoms with Crippen LogP contribution in [0.5, 0.6) is 0 Å². The number of nitriles is 1. The molecule has 1 heterocycles. The highest BCUT2D eigenvalue weighted by Crippen LogP contribution is 2.28. The van der Waals surface area contributed by atoms with Crippen molar-refractivity contribution in [2.24, 2.45) is 0 Å². The van der Waals surface area contributed by atoms with Gasteiger partial charge in [0.1, 0.15) is 11.6 Å². The number of hydrogen-bond donors (Lipinski definition) is 0. The third kappa shape index (κ3) is 2.44. The van der Waals surface area contributed by atoms with Gasteiger partial charge in [-0.25, -0.2) is 4.68 Å². The number of nitrogens with zero attached hydrogens (tertiary/aromatic N) is 3. The summed E-state index contributed by atoms with van der Waals surface area (Å²) in [5.74, 6) is 0. The SMILES string of the molecule is CCCc1nn(-c2c(C)cc(C)cc2C)c(Cl)c1C#N. The molecule has 0 aliphatic heterocycles. The maximum absolute atomic E-state index is 9.28. The first kappa shape index (κ1) is 14.6. The van der Waals surface area contributed by atoms with Gasteiger partial charge >= 0.3 is 0 Å². The summed E-state index contributed by atoms with van der Waals surface area (Å²) in [6, 6.07) is 6.38. The van der Waals surface area contributed by atoms with Gasteiger partial charge in [0.25, 0.3) is 0 Å². The van der Waals surface area contributed by atoms with Gasteiger partial charge in [0.15, 0.2) is 5.15 Å². The van der Waals surface area contributed by atoms with Crippen LogP contribution in [-0.2, 0) is 6.42 Å². The summed E-state index contributed by atoms with van der Waals surface area (Å²) in [5.41, 5.74) is 5.67. The first-order chi connectivity index (χ1) is 9.49. The molecular weight excluding hydrogens is 270 g/mol. The second kappa shape index (κ2) is 5.68. The number of rotatable bonds is 3. The van der Waals surface area contributed by atoms with E-state index in [1.165, 1.54) is 5.56 Å². The molecule has 0 saturated heterocycles. The van der Waals surface area contributed by atoms with Gasteiger partial charge in [-0.2, -0.15) is 10.4 Å². The van der Waals surface area contributed by atoms with E-state index in [2.05, 4.69) is 37.1 Å². The fraction of sp³-hybridized carbons (Fsp3) is 0.375. The van der Waals surface area contributed by atoms with Crippen molar-refractivity contribution in [3.05, 3.63) is 45.2 Å². The molecule has 0 saturated carbocycles. The van der Waals surface area contributed by atoms with Crippen LogP contribution in [0.25, 0.3) is 5.69 Å². The first-order valence-corrected chi connectivity index (χ1v) is 7.13. The molecule has 0 bridgehead atoms. The van der Waals surface area contributed by atoms with Gasteiger partial charge in [0, 0.05) is 0 Å². The molecule has 0 aliphatic carbocycles. The molecule has 20 heavy (non-hydrogen) atoms. The maximum atomic E-state index is 9.28. The second-order valence-corrected chi connectivity index (χ2v) is 5.49. The van der Waals surface area contributed by atoms with Crippen LogP contribution in [0.15, 0.2) is 12.1 Å². The number of benzene rings is 1. The van der Waals surface area contributed by atoms with Crippen molar-refractivity contribution in [2.75, 3.05) is 0 Å². The van der Waals surface area contributed by atoms with Gasteiger partial charge in [-0.05, 0) is 38.3 Å². The zero-order chi connectivity index (χ0) is 14.9. The van der Waals surface area contributed by atoms with Gasteiger partial charge in [-0.15, -0.1) is 0 Å². The Morgan fingerprint density at radius 2 is 1.85 bits per heavy atom. The van der Waals surface area contributed by atoms with Crippen molar-refractivity contribution in [1.82, 2.24) is 9.78 Å². The zero-order valence-electron chi connectivity index (χ0n) is 12.3. The summed E-state index contributed by atoms with van der Waals surface area (Å²) >= 11 is 6.36. The van der Waals surface area contributed by atoms with E-state index in [9.17, 15) is 5.26 Å². The van der Waals surface area contributed by atoms with E-state index in [4.69, 9.17) is 11.6 Å². The molecule has 0 aliphatic rings. The molecule has 0 N–H and O–H groups in total. The van der Waals surface area contributed by atoms with Crippen LogP contribution in [0.1, 0.15) is 41.3 Å². The normalized spacial score (nSPS) is 10.6. The molecule has 0 spiro atoms. The summed E-state index contributed by atoms with van der Waals surface area (Å²) in [4.78, 5) is 0. The largest absolute Gasteiger partial charge is 0.220 e. The van der Waals surface area contributed by atoms with Crippen molar-refractivity contribution < 1.29 is 0 Å². The van der Waals surface area contributed by atoms with Crippen LogP contribution >= 0.6 is 11.6 Å². The third-order valence-electron chi connectivity index (χ3n) is 3.35. The lowest BCUT2D eigenvalue weighted by molar-refractivity contribution is 0.799. The third-order valence-corrected chi connectivity index (χ3v) is 3.70. The topological polar surface area (TPSA) is 41.6 Å². The molecule has 0 amide bonds. The monoisotopic (exact) mass is 287 g/mol. The van der Waals surface area contributed by atoms with Crippen LogP contribution < -0.4 is 0 Å². The summed E-state index contributed by atoms with van der Waals surface area (Å²) in [6.45, 7) is 8.21. The molecule has 2 rings (SSSR count). The zero-order valence-corrected chi connectivity index (χ0v) is 13.0. The minimum absolute atomic E-state index is 0.408. The predicted molar refractivity (Wildman–Crippen MR) is 81.5 cm³/mol. The molecule has 1 aromatic heterocycles. The average Bonchev–Trinajstić information content (AvgIpc) is 2.65. The lowest BCUT2D eigenvalue weighted by Crippen LogP contribution is -2.03. The fourth-order valence-corrected chi connectivity index (χ4v) is 2.89. The first-order valence-electron chi connectivity index (χ1n) is 6.75. The van der Waals surface area contributed by atoms with Gasteiger partial charge < -0.3 is 0 Å². The van der Waals surface area contributed by atoms with E-state index in [1.807, 2.05) is 13.8 Å². The molecule has 4 heteroatoms. The average molecular weight is 288 g/mol. The standard InChI is InChI=1S/C16H18ClN3/c1-5-6-14-13(9-18)16(17)20(19-14)15-11(3)7-10(2)8-12(15)4/h7-8H,5-6H2,1-4H3. The molecule has 0 unspecified atom stereocenters. The van der Waals surface area contributed by atoms with Crippen LogP contribution in [0.3, 0.4) is 0 Å². The van der Waals surface area contributed by atoms with Crippen LogP contribution in [0.2, 0.25) is 5.15 Å². The van der Waals surface area contributed by atoms with Crippen LogP contribution in [0, 0.1) is 32.1 Å². The Hall–Kier alpha value is -1.79.